The first-order chi connectivity index (χ1) is 8.20. The van der Waals surface area contributed by atoms with Crippen LogP contribution in [0.2, 0.25) is 0 Å². The van der Waals surface area contributed by atoms with E-state index in [9.17, 15) is 9.18 Å². The van der Waals surface area contributed by atoms with Crippen molar-refractivity contribution in [2.75, 3.05) is 18.4 Å². The Balaban J connectivity index is 0.00000162. The zero-order valence-electron chi connectivity index (χ0n) is 9.57. The number of carbonyl (C=O) groups excluding carboxylic acids is 1. The van der Waals surface area contributed by atoms with Crippen molar-refractivity contribution in [2.24, 2.45) is 5.92 Å². The van der Waals surface area contributed by atoms with Crippen molar-refractivity contribution in [3.8, 4) is 6.07 Å². The average Bonchev–Trinajstić information content (AvgIpc) is 2.85. The molecule has 2 N–H and O–H groups in total. The molecule has 18 heavy (non-hydrogen) atoms. The predicted octanol–water partition coefficient (Wildman–Crippen LogP) is 1.67. The predicted molar refractivity (Wildman–Crippen MR) is 68.0 cm³/mol. The van der Waals surface area contributed by atoms with Crippen LogP contribution in [0.4, 0.5) is 10.1 Å². The summed E-state index contributed by atoms with van der Waals surface area (Å²) in [4.78, 5) is 11.8. The van der Waals surface area contributed by atoms with Crippen LogP contribution in [0.3, 0.4) is 0 Å². The van der Waals surface area contributed by atoms with Gasteiger partial charge >= 0.3 is 0 Å². The normalized spacial score (nSPS) is 17.7. The molecule has 0 aromatic heterocycles. The van der Waals surface area contributed by atoms with Crippen LogP contribution in [0.15, 0.2) is 18.2 Å². The van der Waals surface area contributed by atoms with E-state index in [4.69, 9.17) is 5.26 Å². The molecule has 6 heteroatoms. The molecule has 1 aliphatic rings. The minimum Gasteiger partial charge on any atom is -0.326 e. The summed E-state index contributed by atoms with van der Waals surface area (Å²) < 4.78 is 13.1. The van der Waals surface area contributed by atoms with Gasteiger partial charge in [-0.3, -0.25) is 4.79 Å². The van der Waals surface area contributed by atoms with Crippen LogP contribution < -0.4 is 10.6 Å². The van der Waals surface area contributed by atoms with Crippen LogP contribution in [0.25, 0.3) is 0 Å². The number of nitrogens with one attached hydrogen (secondary N) is 2. The second-order valence-corrected chi connectivity index (χ2v) is 3.99. The Hall–Kier alpha value is -1.64. The Morgan fingerprint density at radius 3 is 2.94 bits per heavy atom. The van der Waals surface area contributed by atoms with Gasteiger partial charge in [-0.05, 0) is 31.2 Å². The second kappa shape index (κ2) is 6.34. The summed E-state index contributed by atoms with van der Waals surface area (Å²) in [5.74, 6) is -0.718. The molecule has 0 aliphatic carbocycles. The molecular weight excluding hydrogens is 257 g/mol. The number of anilines is 1. The van der Waals surface area contributed by atoms with Crippen LogP contribution >= 0.6 is 12.4 Å². The summed E-state index contributed by atoms with van der Waals surface area (Å²) in [5, 5.41) is 14.5. The van der Waals surface area contributed by atoms with Crippen molar-refractivity contribution in [3.05, 3.63) is 29.6 Å². The first kappa shape index (κ1) is 14.4. The van der Waals surface area contributed by atoms with Crippen LogP contribution in [0.1, 0.15) is 12.0 Å². The first-order valence-electron chi connectivity index (χ1n) is 5.42. The molecule has 1 heterocycles. The Morgan fingerprint density at radius 1 is 1.56 bits per heavy atom. The van der Waals surface area contributed by atoms with Crippen molar-refractivity contribution >= 4 is 24.0 Å². The summed E-state index contributed by atoms with van der Waals surface area (Å²) in [6.07, 6.45) is 0.804. The standard InChI is InChI=1S/C12H12FN3O.ClH/c13-11-2-1-10(5-9(11)6-14)16-12(17)8-3-4-15-7-8;/h1-2,5,8,15H,3-4,7H2,(H,16,17);1H/t8-;/m0./s1. The van der Waals surface area contributed by atoms with E-state index in [0.717, 1.165) is 13.0 Å². The highest BCUT2D eigenvalue weighted by Crippen LogP contribution is 2.16. The molecule has 0 unspecified atom stereocenters. The molecule has 2 rings (SSSR count). The number of hydrogen-bond donors (Lipinski definition) is 2. The maximum Gasteiger partial charge on any atom is 0.228 e. The van der Waals surface area contributed by atoms with E-state index in [0.29, 0.717) is 12.2 Å². The summed E-state index contributed by atoms with van der Waals surface area (Å²) in [6, 6.07) is 5.72. The van der Waals surface area contributed by atoms with Crippen LogP contribution in [0, 0.1) is 23.1 Å². The third-order valence-corrected chi connectivity index (χ3v) is 2.79. The molecule has 96 valence electrons. The Morgan fingerprint density at radius 2 is 2.33 bits per heavy atom. The SMILES string of the molecule is Cl.N#Cc1cc(NC(=O)[C@H]2CCNC2)ccc1F. The number of amides is 1. The van der Waals surface area contributed by atoms with Gasteiger partial charge in [0.2, 0.25) is 5.91 Å². The lowest BCUT2D eigenvalue weighted by Gasteiger charge is -2.10. The monoisotopic (exact) mass is 269 g/mol. The molecule has 0 radical (unpaired) electrons. The number of hydrogen-bond acceptors (Lipinski definition) is 3. The number of rotatable bonds is 2. The molecule has 1 aliphatic heterocycles. The molecule has 1 aromatic rings. The van der Waals surface area contributed by atoms with E-state index in [1.54, 1.807) is 6.07 Å². The number of nitrogens with zero attached hydrogens (tertiary/aromatic N) is 1. The van der Waals surface area contributed by atoms with E-state index in [1.807, 2.05) is 0 Å². The van der Waals surface area contributed by atoms with Gasteiger partial charge in [-0.1, -0.05) is 0 Å². The third kappa shape index (κ3) is 3.19. The van der Waals surface area contributed by atoms with Crippen molar-refractivity contribution in [1.29, 1.82) is 5.26 Å². The van der Waals surface area contributed by atoms with Crippen LogP contribution in [-0.2, 0) is 4.79 Å². The zero-order chi connectivity index (χ0) is 12.3. The second-order valence-electron chi connectivity index (χ2n) is 3.99. The van der Waals surface area contributed by atoms with Gasteiger partial charge in [0.25, 0.3) is 0 Å². The van der Waals surface area contributed by atoms with Gasteiger partial charge in [0.05, 0.1) is 11.5 Å². The quantitative estimate of drug-likeness (QED) is 0.858. The lowest BCUT2D eigenvalue weighted by atomic mass is 10.1. The minimum atomic E-state index is -0.576. The highest BCUT2D eigenvalue weighted by Gasteiger charge is 2.22. The van der Waals surface area contributed by atoms with Gasteiger partial charge in [0.1, 0.15) is 11.9 Å². The summed E-state index contributed by atoms with van der Waals surface area (Å²) >= 11 is 0. The van der Waals surface area contributed by atoms with E-state index in [-0.39, 0.29) is 29.8 Å². The number of halogens is 2. The highest BCUT2D eigenvalue weighted by atomic mass is 35.5. The van der Waals surface area contributed by atoms with E-state index >= 15 is 0 Å². The molecular formula is C12H13ClFN3O. The zero-order valence-corrected chi connectivity index (χ0v) is 10.4. The average molecular weight is 270 g/mol. The van der Waals surface area contributed by atoms with Crippen molar-refractivity contribution in [3.63, 3.8) is 0 Å². The maximum atomic E-state index is 13.1. The molecule has 1 aromatic carbocycles. The summed E-state index contributed by atoms with van der Waals surface area (Å²) in [7, 11) is 0. The van der Waals surface area contributed by atoms with Gasteiger partial charge in [0, 0.05) is 12.2 Å². The topological polar surface area (TPSA) is 64.9 Å². The smallest absolute Gasteiger partial charge is 0.228 e. The Labute approximate surface area is 111 Å². The fraction of sp³-hybridized carbons (Fsp3) is 0.333. The van der Waals surface area contributed by atoms with Crippen molar-refractivity contribution in [1.82, 2.24) is 5.32 Å². The van der Waals surface area contributed by atoms with Gasteiger partial charge in [-0.25, -0.2) is 4.39 Å². The number of benzene rings is 1. The van der Waals surface area contributed by atoms with Crippen molar-refractivity contribution in [2.45, 2.75) is 6.42 Å². The molecule has 1 saturated heterocycles. The fourth-order valence-electron chi connectivity index (χ4n) is 1.81. The number of nitriles is 1. The molecule has 1 amide bonds. The molecule has 0 saturated carbocycles. The maximum absolute atomic E-state index is 13.1. The van der Waals surface area contributed by atoms with Crippen LogP contribution in [0.5, 0.6) is 0 Å². The Kier molecular flexibility index (Phi) is 5.08. The van der Waals surface area contributed by atoms with E-state index < -0.39 is 5.82 Å². The van der Waals surface area contributed by atoms with Crippen LogP contribution in [-0.4, -0.2) is 19.0 Å². The lowest BCUT2D eigenvalue weighted by molar-refractivity contribution is -0.119. The fourth-order valence-corrected chi connectivity index (χ4v) is 1.81. The third-order valence-electron chi connectivity index (χ3n) is 2.79. The summed E-state index contributed by atoms with van der Waals surface area (Å²) in [5.41, 5.74) is 0.396. The molecule has 1 atom stereocenters. The first-order valence-corrected chi connectivity index (χ1v) is 5.42. The Bertz CT molecular complexity index is 481. The van der Waals surface area contributed by atoms with Gasteiger partial charge in [-0.15, -0.1) is 12.4 Å². The van der Waals surface area contributed by atoms with E-state index in [1.165, 1.54) is 18.2 Å². The van der Waals surface area contributed by atoms with Crippen molar-refractivity contribution < 1.29 is 9.18 Å². The number of carbonyl (C=O) groups is 1. The lowest BCUT2D eigenvalue weighted by Crippen LogP contribution is -2.24. The van der Waals surface area contributed by atoms with Gasteiger partial charge in [-0.2, -0.15) is 5.26 Å². The molecule has 4 nitrogen and oxygen atoms in total. The van der Waals surface area contributed by atoms with Gasteiger partial charge in [0.15, 0.2) is 0 Å². The van der Waals surface area contributed by atoms with E-state index in [2.05, 4.69) is 10.6 Å². The molecule has 1 fully saturated rings. The molecule has 0 bridgehead atoms. The van der Waals surface area contributed by atoms with Gasteiger partial charge < -0.3 is 10.6 Å². The summed E-state index contributed by atoms with van der Waals surface area (Å²) in [6.45, 7) is 1.50. The largest absolute Gasteiger partial charge is 0.326 e. The molecule has 0 spiro atoms. The minimum absolute atomic E-state index is 0. The highest BCUT2D eigenvalue weighted by molar-refractivity contribution is 5.93.